The normalized spacial score (nSPS) is 27.3. The molecule has 0 aromatic carbocycles. The molecule has 1 saturated carbocycles. The van der Waals surface area contributed by atoms with E-state index < -0.39 is 11.3 Å². The van der Waals surface area contributed by atoms with Gasteiger partial charge in [0.1, 0.15) is 12.3 Å². The third kappa shape index (κ3) is 5.07. The number of imide groups is 1. The zero-order valence-electron chi connectivity index (χ0n) is 20.1. The van der Waals surface area contributed by atoms with Gasteiger partial charge in [0, 0.05) is 32.1 Å². The second-order valence-corrected chi connectivity index (χ2v) is 10.3. The van der Waals surface area contributed by atoms with Crippen LogP contribution < -0.4 is 0 Å². The van der Waals surface area contributed by atoms with Gasteiger partial charge >= 0.3 is 11.9 Å². The number of carbonyl (C=O) groups excluding carboxylic acids is 4. The van der Waals surface area contributed by atoms with Gasteiger partial charge in [0.2, 0.25) is 5.91 Å². The van der Waals surface area contributed by atoms with Crippen LogP contribution in [0.5, 0.6) is 0 Å². The molecule has 0 spiro atoms. The van der Waals surface area contributed by atoms with Crippen molar-refractivity contribution in [3.8, 4) is 0 Å². The van der Waals surface area contributed by atoms with Crippen LogP contribution in [0.4, 0.5) is 4.79 Å². The van der Waals surface area contributed by atoms with Gasteiger partial charge in [-0.15, -0.1) is 11.8 Å². The van der Waals surface area contributed by atoms with E-state index in [0.29, 0.717) is 51.6 Å². The van der Waals surface area contributed by atoms with Crippen molar-refractivity contribution < 1.29 is 28.5 Å². The highest BCUT2D eigenvalue weighted by Crippen LogP contribution is 2.33. The number of urea groups is 1. The summed E-state index contributed by atoms with van der Waals surface area (Å²) < 4.78 is 6.83. The summed E-state index contributed by atoms with van der Waals surface area (Å²) in [5.74, 6) is 0.0720. The number of morpholine rings is 1. The highest BCUT2D eigenvalue weighted by Gasteiger charge is 2.50. The largest absolute Gasteiger partial charge is 0.501 e. The lowest BCUT2D eigenvalue weighted by Crippen LogP contribution is -2.58. The first-order chi connectivity index (χ1) is 16.4. The van der Waals surface area contributed by atoms with Crippen molar-refractivity contribution in [1.29, 1.82) is 0 Å². The average Bonchev–Trinajstić information content (AvgIpc) is 3.36. The van der Waals surface area contributed by atoms with E-state index in [0.717, 1.165) is 25.7 Å². The first-order valence-electron chi connectivity index (χ1n) is 12.4. The fourth-order valence-electron chi connectivity index (χ4n) is 5.28. The van der Waals surface area contributed by atoms with E-state index in [2.05, 4.69) is 0 Å². The minimum Gasteiger partial charge on any atom is -0.378 e. The Bertz CT molecular complexity index is 886. The summed E-state index contributed by atoms with van der Waals surface area (Å²) in [4.78, 5) is 57.1. The number of hydrogen-bond acceptors (Lipinski definition) is 6. The fourth-order valence-corrected chi connectivity index (χ4v) is 6.25. The summed E-state index contributed by atoms with van der Waals surface area (Å²) >= 11 is 1.39. The van der Waals surface area contributed by atoms with Crippen LogP contribution >= 0.6 is 11.8 Å². The third-order valence-corrected chi connectivity index (χ3v) is 8.36. The van der Waals surface area contributed by atoms with Crippen LogP contribution in [0.3, 0.4) is 0 Å². The Balaban J connectivity index is 1.40. The Morgan fingerprint density at radius 2 is 1.79 bits per heavy atom. The Kier molecular flexibility index (Phi) is 8.08. The van der Waals surface area contributed by atoms with Gasteiger partial charge in [-0.3, -0.25) is 9.59 Å². The predicted molar refractivity (Wildman–Crippen MR) is 129 cm³/mol. The van der Waals surface area contributed by atoms with Crippen molar-refractivity contribution in [3.63, 3.8) is 0 Å². The molecule has 1 unspecified atom stereocenters. The SMILES string of the molecule is CCN(CC)C(=O)C[N+]1=C2C=CSC2C(=O)N(CC2CCC(C(=O)N3CCOCC3)CC2)C1=O. The Hall–Kier alpha value is -2.20. The number of thioether (sulfide) groups is 1. The van der Waals surface area contributed by atoms with Gasteiger partial charge in [-0.1, -0.05) is 0 Å². The summed E-state index contributed by atoms with van der Waals surface area (Å²) in [6.07, 6.45) is 4.95. The number of hydrogen-bond donors (Lipinski definition) is 0. The van der Waals surface area contributed by atoms with Gasteiger partial charge in [-0.05, 0) is 56.9 Å². The molecule has 0 bridgehead atoms. The molecule has 0 radical (unpaired) electrons. The number of amides is 5. The maximum absolute atomic E-state index is 13.4. The Morgan fingerprint density at radius 1 is 1.12 bits per heavy atom. The summed E-state index contributed by atoms with van der Waals surface area (Å²) in [6, 6.07) is -0.407. The lowest BCUT2D eigenvalue weighted by atomic mass is 9.81. The van der Waals surface area contributed by atoms with Gasteiger partial charge in [0.15, 0.2) is 11.8 Å². The quantitative estimate of drug-likeness (QED) is 0.502. The maximum Gasteiger partial charge on any atom is 0.501 e. The second kappa shape index (κ2) is 11.0. The van der Waals surface area contributed by atoms with Crippen molar-refractivity contribution in [1.82, 2.24) is 14.7 Å². The molecular formula is C24H35N4O5S+. The smallest absolute Gasteiger partial charge is 0.378 e. The van der Waals surface area contributed by atoms with Crippen LogP contribution in [0.15, 0.2) is 11.5 Å². The first kappa shape index (κ1) is 24.9. The molecule has 186 valence electrons. The summed E-state index contributed by atoms with van der Waals surface area (Å²) in [7, 11) is 0. The van der Waals surface area contributed by atoms with Crippen LogP contribution in [0.1, 0.15) is 39.5 Å². The number of likely N-dealkylation sites (N-methyl/N-ethyl adjacent to an activating group) is 1. The molecule has 0 aromatic rings. The predicted octanol–water partition coefficient (Wildman–Crippen LogP) is 1.56. The maximum atomic E-state index is 13.4. The number of nitrogens with zero attached hydrogens (tertiary/aromatic N) is 4. The molecule has 1 saturated heterocycles. The standard InChI is InChI=1S/C24H35N4O5S/c1-3-25(4-2)20(29)16-27-19-9-14-34-21(19)23(31)28(24(27)32)15-17-5-7-18(8-6-17)22(30)26-10-12-33-13-11-26/h9,14,17-18,21H,3-8,10-13,15-16H2,1-2H3/q+1. The van der Waals surface area contributed by atoms with Crippen molar-refractivity contribution >= 4 is 41.2 Å². The van der Waals surface area contributed by atoms with E-state index in [1.54, 1.807) is 11.0 Å². The minimum atomic E-state index is -0.471. The lowest BCUT2D eigenvalue weighted by Gasteiger charge is -2.34. The van der Waals surface area contributed by atoms with E-state index >= 15 is 0 Å². The van der Waals surface area contributed by atoms with Crippen LogP contribution in [-0.4, -0.2) is 106 Å². The van der Waals surface area contributed by atoms with Crippen molar-refractivity contribution in [2.75, 3.05) is 52.5 Å². The van der Waals surface area contributed by atoms with Gasteiger partial charge in [0.25, 0.3) is 5.91 Å². The van der Waals surface area contributed by atoms with Gasteiger partial charge in [-0.25, -0.2) is 4.79 Å². The van der Waals surface area contributed by atoms with Crippen molar-refractivity contribution in [2.24, 2.45) is 11.8 Å². The molecule has 4 rings (SSSR count). The van der Waals surface area contributed by atoms with Crippen molar-refractivity contribution in [3.05, 3.63) is 11.5 Å². The van der Waals surface area contributed by atoms with Crippen molar-refractivity contribution in [2.45, 2.75) is 44.8 Å². The molecule has 10 heteroatoms. The van der Waals surface area contributed by atoms with E-state index in [9.17, 15) is 19.2 Å². The van der Waals surface area contributed by atoms with E-state index in [1.165, 1.54) is 21.2 Å². The van der Waals surface area contributed by atoms with Gasteiger partial charge in [0.05, 0.1) is 13.2 Å². The molecule has 5 amide bonds. The Morgan fingerprint density at radius 3 is 2.44 bits per heavy atom. The molecule has 9 nitrogen and oxygen atoms in total. The molecule has 0 N–H and O–H groups in total. The number of allylic oxidation sites excluding steroid dienone is 1. The summed E-state index contributed by atoms with van der Waals surface area (Å²) in [6.45, 7) is 7.78. The average molecular weight is 492 g/mol. The van der Waals surface area contributed by atoms with Crippen LogP contribution in [0.2, 0.25) is 0 Å². The Labute approximate surface area is 205 Å². The van der Waals surface area contributed by atoms with Crippen LogP contribution in [0, 0.1) is 11.8 Å². The molecule has 4 aliphatic rings. The molecular weight excluding hydrogens is 456 g/mol. The van der Waals surface area contributed by atoms with Crippen LogP contribution in [-0.2, 0) is 19.1 Å². The highest BCUT2D eigenvalue weighted by molar-refractivity contribution is 8.04. The molecule has 34 heavy (non-hydrogen) atoms. The monoisotopic (exact) mass is 491 g/mol. The van der Waals surface area contributed by atoms with Crippen LogP contribution in [0.25, 0.3) is 0 Å². The van der Waals surface area contributed by atoms with E-state index in [4.69, 9.17) is 4.74 Å². The number of carbonyl (C=O) groups is 4. The molecule has 1 atom stereocenters. The number of rotatable bonds is 7. The zero-order chi connectivity index (χ0) is 24.2. The number of ether oxygens (including phenoxy) is 1. The minimum absolute atomic E-state index is 0.0137. The summed E-state index contributed by atoms with van der Waals surface area (Å²) in [5.41, 5.74) is 0.608. The van der Waals surface area contributed by atoms with E-state index in [1.807, 2.05) is 24.2 Å². The highest BCUT2D eigenvalue weighted by atomic mass is 32.2. The molecule has 0 aromatic heterocycles. The first-order valence-corrected chi connectivity index (χ1v) is 13.3. The third-order valence-electron chi connectivity index (χ3n) is 7.35. The lowest BCUT2D eigenvalue weighted by molar-refractivity contribution is -0.428. The topological polar surface area (TPSA) is 90.2 Å². The molecule has 2 fully saturated rings. The summed E-state index contributed by atoms with van der Waals surface area (Å²) in [5, 5.41) is 1.35. The molecule has 1 aliphatic carbocycles. The second-order valence-electron chi connectivity index (χ2n) is 9.28. The molecule has 3 heterocycles. The fraction of sp³-hybridized carbons (Fsp3) is 0.708. The van der Waals surface area contributed by atoms with E-state index in [-0.39, 0.29) is 36.1 Å². The zero-order valence-corrected chi connectivity index (χ0v) is 20.9. The number of fused-ring (bicyclic) bond motifs is 1. The van der Waals surface area contributed by atoms with Gasteiger partial charge < -0.3 is 14.5 Å². The van der Waals surface area contributed by atoms with Gasteiger partial charge in [-0.2, -0.15) is 14.3 Å². The molecule has 3 aliphatic heterocycles.